The third-order valence-electron chi connectivity index (χ3n) is 4.70. The van der Waals surface area contributed by atoms with Crippen LogP contribution < -0.4 is 5.32 Å². The van der Waals surface area contributed by atoms with Crippen LogP contribution in [0.25, 0.3) is 0 Å². The fraction of sp³-hybridized carbons (Fsp3) is 0.588. The second kappa shape index (κ2) is 6.34. The van der Waals surface area contributed by atoms with Crippen molar-refractivity contribution >= 4 is 5.91 Å². The summed E-state index contributed by atoms with van der Waals surface area (Å²) >= 11 is 0. The standard InChI is InChI=1S/C17H23FN2O2/c18-15-3-1-2-14(10-15)17(22)6-8-20(9-7-17)12-16(21)19-11-13-4-5-13/h1-3,10,13,22H,4-9,11-12H2,(H,19,21). The van der Waals surface area contributed by atoms with Gasteiger partial charge in [-0.2, -0.15) is 0 Å². The molecule has 5 heteroatoms. The summed E-state index contributed by atoms with van der Waals surface area (Å²) in [6.45, 7) is 2.46. The van der Waals surface area contributed by atoms with Crippen molar-refractivity contribution < 1.29 is 14.3 Å². The van der Waals surface area contributed by atoms with Crippen LogP contribution in [0.3, 0.4) is 0 Å². The highest BCUT2D eigenvalue weighted by molar-refractivity contribution is 5.78. The van der Waals surface area contributed by atoms with Crippen molar-refractivity contribution in [2.75, 3.05) is 26.2 Å². The summed E-state index contributed by atoms with van der Waals surface area (Å²) in [5.41, 5.74) is -0.353. The summed E-state index contributed by atoms with van der Waals surface area (Å²) < 4.78 is 13.3. The molecule has 1 aliphatic heterocycles. The van der Waals surface area contributed by atoms with Crippen LogP contribution in [-0.4, -0.2) is 42.1 Å². The second-order valence-corrected chi connectivity index (χ2v) is 6.57. The highest BCUT2D eigenvalue weighted by atomic mass is 19.1. The van der Waals surface area contributed by atoms with Gasteiger partial charge in [-0.05, 0) is 49.3 Å². The molecule has 2 fully saturated rings. The van der Waals surface area contributed by atoms with Gasteiger partial charge in [0.05, 0.1) is 12.1 Å². The van der Waals surface area contributed by atoms with E-state index in [1.54, 1.807) is 12.1 Å². The first-order valence-electron chi connectivity index (χ1n) is 8.03. The van der Waals surface area contributed by atoms with Gasteiger partial charge in [0.15, 0.2) is 0 Å². The van der Waals surface area contributed by atoms with E-state index in [0.717, 1.165) is 6.54 Å². The molecule has 2 aliphatic rings. The highest BCUT2D eigenvalue weighted by Gasteiger charge is 2.34. The van der Waals surface area contributed by atoms with Crippen LogP contribution in [0.2, 0.25) is 0 Å². The van der Waals surface area contributed by atoms with Crippen molar-refractivity contribution in [3.63, 3.8) is 0 Å². The van der Waals surface area contributed by atoms with Crippen LogP contribution in [0.15, 0.2) is 24.3 Å². The molecule has 0 unspecified atom stereocenters. The van der Waals surface area contributed by atoms with Gasteiger partial charge < -0.3 is 10.4 Å². The highest BCUT2D eigenvalue weighted by Crippen LogP contribution is 2.33. The Morgan fingerprint density at radius 2 is 2.09 bits per heavy atom. The van der Waals surface area contributed by atoms with Crippen LogP contribution in [-0.2, 0) is 10.4 Å². The van der Waals surface area contributed by atoms with E-state index in [0.29, 0.717) is 44.0 Å². The third kappa shape index (κ3) is 3.84. The number of carbonyl (C=O) groups is 1. The van der Waals surface area contributed by atoms with E-state index in [4.69, 9.17) is 0 Å². The van der Waals surface area contributed by atoms with Gasteiger partial charge in [0, 0.05) is 19.6 Å². The normalized spacial score (nSPS) is 21.5. The summed E-state index contributed by atoms with van der Waals surface area (Å²) in [7, 11) is 0. The van der Waals surface area contributed by atoms with Gasteiger partial charge in [-0.15, -0.1) is 0 Å². The fourth-order valence-electron chi connectivity index (χ4n) is 2.99. The Morgan fingerprint density at radius 3 is 2.73 bits per heavy atom. The largest absolute Gasteiger partial charge is 0.385 e. The average molecular weight is 306 g/mol. The Balaban J connectivity index is 1.49. The molecular formula is C17H23FN2O2. The minimum Gasteiger partial charge on any atom is -0.385 e. The molecule has 1 aliphatic carbocycles. The first-order valence-corrected chi connectivity index (χ1v) is 8.03. The molecule has 0 aromatic heterocycles. The molecule has 0 atom stereocenters. The number of nitrogens with zero attached hydrogens (tertiary/aromatic N) is 1. The smallest absolute Gasteiger partial charge is 0.234 e. The molecule has 1 aromatic rings. The van der Waals surface area contributed by atoms with Gasteiger partial charge >= 0.3 is 0 Å². The number of rotatable bonds is 5. The van der Waals surface area contributed by atoms with E-state index in [1.807, 2.05) is 0 Å². The molecule has 1 amide bonds. The SMILES string of the molecule is O=C(CN1CCC(O)(c2cccc(F)c2)CC1)NCC1CC1. The second-order valence-electron chi connectivity index (χ2n) is 6.57. The summed E-state index contributed by atoms with van der Waals surface area (Å²) in [5, 5.41) is 13.7. The Hall–Kier alpha value is -1.46. The Kier molecular flexibility index (Phi) is 4.45. The van der Waals surface area contributed by atoms with Gasteiger partial charge in [0.2, 0.25) is 5.91 Å². The van der Waals surface area contributed by atoms with E-state index in [9.17, 15) is 14.3 Å². The molecule has 1 saturated heterocycles. The number of hydrogen-bond acceptors (Lipinski definition) is 3. The molecule has 1 saturated carbocycles. The van der Waals surface area contributed by atoms with Crippen molar-refractivity contribution in [1.29, 1.82) is 0 Å². The van der Waals surface area contributed by atoms with Crippen LogP contribution in [0.4, 0.5) is 4.39 Å². The van der Waals surface area contributed by atoms with Crippen LogP contribution >= 0.6 is 0 Å². The van der Waals surface area contributed by atoms with Crippen molar-refractivity contribution in [1.82, 2.24) is 10.2 Å². The van der Waals surface area contributed by atoms with E-state index >= 15 is 0 Å². The maximum Gasteiger partial charge on any atom is 0.234 e. The maximum atomic E-state index is 13.3. The van der Waals surface area contributed by atoms with Crippen molar-refractivity contribution in [2.24, 2.45) is 5.92 Å². The molecule has 0 bridgehead atoms. The van der Waals surface area contributed by atoms with Gasteiger partial charge in [-0.25, -0.2) is 4.39 Å². The monoisotopic (exact) mass is 306 g/mol. The molecule has 0 spiro atoms. The molecule has 120 valence electrons. The number of aliphatic hydroxyl groups is 1. The van der Waals surface area contributed by atoms with E-state index < -0.39 is 5.60 Å². The van der Waals surface area contributed by atoms with Gasteiger partial charge in [-0.3, -0.25) is 9.69 Å². The lowest BCUT2D eigenvalue weighted by Gasteiger charge is -2.38. The predicted octanol–water partition coefficient (Wildman–Crippen LogP) is 1.64. The van der Waals surface area contributed by atoms with Gasteiger partial charge in [-0.1, -0.05) is 12.1 Å². The number of piperidine rings is 1. The Bertz CT molecular complexity index is 537. The minimum absolute atomic E-state index is 0.0584. The molecular weight excluding hydrogens is 283 g/mol. The molecule has 4 nitrogen and oxygen atoms in total. The Labute approximate surface area is 130 Å². The molecule has 22 heavy (non-hydrogen) atoms. The van der Waals surface area contributed by atoms with Crippen LogP contribution in [0.5, 0.6) is 0 Å². The van der Waals surface area contributed by atoms with E-state index in [1.165, 1.54) is 25.0 Å². The van der Waals surface area contributed by atoms with Crippen molar-refractivity contribution in [2.45, 2.75) is 31.3 Å². The minimum atomic E-state index is -0.983. The quantitative estimate of drug-likeness (QED) is 0.869. The number of benzene rings is 1. The summed E-state index contributed by atoms with van der Waals surface area (Å²) in [5.74, 6) is 0.416. The molecule has 1 aromatic carbocycles. The number of nitrogens with one attached hydrogen (secondary N) is 1. The van der Waals surface area contributed by atoms with E-state index in [2.05, 4.69) is 10.2 Å². The lowest BCUT2D eigenvalue weighted by Crippen LogP contribution is -2.46. The number of halogens is 1. The first kappa shape index (κ1) is 15.4. The van der Waals surface area contributed by atoms with Crippen molar-refractivity contribution in [3.05, 3.63) is 35.6 Å². The average Bonchev–Trinajstić information content (AvgIpc) is 3.32. The zero-order valence-electron chi connectivity index (χ0n) is 12.7. The zero-order chi connectivity index (χ0) is 15.6. The molecule has 1 heterocycles. The topological polar surface area (TPSA) is 52.6 Å². The number of carbonyl (C=O) groups excluding carboxylic acids is 1. The van der Waals surface area contributed by atoms with Gasteiger partial charge in [0.1, 0.15) is 5.82 Å². The summed E-state index contributed by atoms with van der Waals surface area (Å²) in [6.07, 6.45) is 3.49. The molecule has 0 radical (unpaired) electrons. The fourth-order valence-corrected chi connectivity index (χ4v) is 2.99. The predicted molar refractivity (Wildman–Crippen MR) is 81.7 cm³/mol. The lowest BCUT2D eigenvalue weighted by atomic mass is 9.84. The van der Waals surface area contributed by atoms with Gasteiger partial charge in [0.25, 0.3) is 0 Å². The number of hydrogen-bond donors (Lipinski definition) is 2. The Morgan fingerprint density at radius 1 is 1.36 bits per heavy atom. The number of likely N-dealkylation sites (tertiary alicyclic amines) is 1. The zero-order valence-corrected chi connectivity index (χ0v) is 12.7. The van der Waals surface area contributed by atoms with Crippen LogP contribution in [0, 0.1) is 11.7 Å². The first-order chi connectivity index (χ1) is 10.5. The maximum absolute atomic E-state index is 13.3. The summed E-state index contributed by atoms with van der Waals surface area (Å²) in [4.78, 5) is 13.9. The summed E-state index contributed by atoms with van der Waals surface area (Å²) in [6, 6.07) is 6.17. The van der Waals surface area contributed by atoms with E-state index in [-0.39, 0.29) is 11.7 Å². The lowest BCUT2D eigenvalue weighted by molar-refractivity contribution is -0.123. The molecule has 3 rings (SSSR count). The third-order valence-corrected chi connectivity index (χ3v) is 4.70. The molecule has 2 N–H and O–H groups in total. The van der Waals surface area contributed by atoms with Crippen molar-refractivity contribution in [3.8, 4) is 0 Å². The van der Waals surface area contributed by atoms with Crippen LogP contribution in [0.1, 0.15) is 31.2 Å². The number of amides is 1.